The maximum Gasteiger partial charge on any atom is 0.145 e. The molecule has 2 rings (SSSR count). The average molecular weight is 253 g/mol. The summed E-state index contributed by atoms with van der Waals surface area (Å²) in [5.41, 5.74) is 1.14. The van der Waals surface area contributed by atoms with E-state index in [0.717, 1.165) is 23.7 Å². The largest absolute Gasteiger partial charge is 0.381 e. The van der Waals surface area contributed by atoms with E-state index in [0.29, 0.717) is 13.0 Å². The average Bonchev–Trinajstić information content (AvgIpc) is 2.85. The van der Waals surface area contributed by atoms with Crippen LogP contribution in [-0.4, -0.2) is 24.0 Å². The molecule has 1 aliphatic heterocycles. The van der Waals surface area contributed by atoms with Gasteiger partial charge in [-0.15, -0.1) is 11.3 Å². The highest BCUT2D eigenvalue weighted by atomic mass is 32.1. The van der Waals surface area contributed by atoms with Crippen LogP contribution in [0.25, 0.3) is 0 Å². The predicted octanol–water partition coefficient (Wildman–Crippen LogP) is 2.59. The number of hydrogen-bond donors (Lipinski definition) is 0. The van der Waals surface area contributed by atoms with Crippen molar-refractivity contribution in [1.82, 2.24) is 4.98 Å². The van der Waals surface area contributed by atoms with E-state index in [4.69, 9.17) is 4.74 Å². The van der Waals surface area contributed by atoms with Crippen LogP contribution in [0.1, 0.15) is 37.9 Å². The number of hydrogen-bond acceptors (Lipinski definition) is 4. The van der Waals surface area contributed by atoms with Gasteiger partial charge < -0.3 is 4.74 Å². The molecule has 2 heterocycles. The van der Waals surface area contributed by atoms with Gasteiger partial charge in [0.1, 0.15) is 10.8 Å². The summed E-state index contributed by atoms with van der Waals surface area (Å²) in [6.45, 7) is 7.73. The Bertz CT molecular complexity index is 400. The highest BCUT2D eigenvalue weighted by Gasteiger charge is 2.25. The van der Waals surface area contributed by atoms with Crippen LogP contribution in [0.3, 0.4) is 0 Å². The lowest BCUT2D eigenvalue weighted by atomic mass is 9.93. The molecule has 1 aromatic rings. The number of ether oxygens (including phenoxy) is 1. The summed E-state index contributed by atoms with van der Waals surface area (Å²) in [7, 11) is 0. The summed E-state index contributed by atoms with van der Waals surface area (Å²) >= 11 is 1.59. The zero-order valence-electron chi connectivity index (χ0n) is 10.7. The second-order valence-corrected chi connectivity index (χ2v) is 6.52. The summed E-state index contributed by atoms with van der Waals surface area (Å²) in [5, 5.41) is 3.00. The topological polar surface area (TPSA) is 39.2 Å². The Kier molecular flexibility index (Phi) is 3.64. The standard InChI is InChI=1S/C13H19NO2S/c1-13(2,3)11-8-17-12(14-11)6-10(15)9-4-5-16-7-9/h8-9H,4-7H2,1-3H3. The van der Waals surface area contributed by atoms with Crippen LogP contribution in [0.5, 0.6) is 0 Å². The van der Waals surface area contributed by atoms with Crippen LogP contribution in [0.15, 0.2) is 5.38 Å². The quantitative estimate of drug-likeness (QED) is 0.831. The molecule has 1 aliphatic rings. The first-order valence-corrected chi connectivity index (χ1v) is 6.90. The van der Waals surface area contributed by atoms with Gasteiger partial charge in [0.05, 0.1) is 18.7 Å². The molecule has 0 bridgehead atoms. The van der Waals surface area contributed by atoms with Gasteiger partial charge in [-0.05, 0) is 6.42 Å². The van der Waals surface area contributed by atoms with E-state index < -0.39 is 0 Å². The smallest absolute Gasteiger partial charge is 0.145 e. The van der Waals surface area contributed by atoms with Crippen LogP contribution in [0, 0.1) is 5.92 Å². The van der Waals surface area contributed by atoms with E-state index in [-0.39, 0.29) is 17.1 Å². The minimum atomic E-state index is 0.0638. The van der Waals surface area contributed by atoms with Crippen molar-refractivity contribution in [1.29, 1.82) is 0 Å². The number of Topliss-reactive ketones (excluding diaryl/α,β-unsaturated/α-hetero) is 1. The van der Waals surface area contributed by atoms with E-state index in [1.165, 1.54) is 0 Å². The maximum absolute atomic E-state index is 12.0. The molecule has 17 heavy (non-hydrogen) atoms. The van der Waals surface area contributed by atoms with Crippen LogP contribution >= 0.6 is 11.3 Å². The second-order valence-electron chi connectivity index (χ2n) is 5.58. The van der Waals surface area contributed by atoms with Crippen molar-refractivity contribution >= 4 is 17.1 Å². The summed E-state index contributed by atoms with van der Waals surface area (Å²) in [4.78, 5) is 16.5. The van der Waals surface area contributed by atoms with Gasteiger partial charge in [0.25, 0.3) is 0 Å². The molecule has 1 atom stereocenters. The number of aromatic nitrogens is 1. The molecule has 1 aromatic heterocycles. The first kappa shape index (κ1) is 12.7. The molecule has 1 saturated heterocycles. The normalized spacial score (nSPS) is 20.8. The van der Waals surface area contributed by atoms with Crippen LogP contribution in [0.2, 0.25) is 0 Å². The summed E-state index contributed by atoms with van der Waals surface area (Å²) in [5.74, 6) is 0.370. The molecule has 0 aliphatic carbocycles. The lowest BCUT2D eigenvalue weighted by Gasteiger charge is -2.14. The molecule has 94 valence electrons. The number of carbonyl (C=O) groups is 1. The van der Waals surface area contributed by atoms with E-state index >= 15 is 0 Å². The molecule has 0 amide bonds. The first-order chi connectivity index (χ1) is 7.97. The van der Waals surface area contributed by atoms with Gasteiger partial charge in [-0.3, -0.25) is 4.79 Å². The fourth-order valence-electron chi connectivity index (χ4n) is 1.82. The first-order valence-electron chi connectivity index (χ1n) is 6.02. The molecule has 0 radical (unpaired) electrons. The van der Waals surface area contributed by atoms with Crippen molar-refractivity contribution in [2.75, 3.05) is 13.2 Å². The zero-order chi connectivity index (χ0) is 12.5. The van der Waals surface area contributed by atoms with Crippen molar-refractivity contribution in [3.63, 3.8) is 0 Å². The lowest BCUT2D eigenvalue weighted by Crippen LogP contribution is -2.17. The predicted molar refractivity (Wildman–Crippen MR) is 68.5 cm³/mol. The number of rotatable bonds is 3. The van der Waals surface area contributed by atoms with E-state index in [1.54, 1.807) is 11.3 Å². The summed E-state index contributed by atoms with van der Waals surface area (Å²) in [6, 6.07) is 0. The van der Waals surface area contributed by atoms with E-state index in [1.807, 2.05) is 0 Å². The van der Waals surface area contributed by atoms with E-state index in [2.05, 4.69) is 31.1 Å². The summed E-state index contributed by atoms with van der Waals surface area (Å²) < 4.78 is 5.24. The number of ketones is 1. The summed E-state index contributed by atoms with van der Waals surface area (Å²) in [6.07, 6.45) is 1.34. The van der Waals surface area contributed by atoms with Gasteiger partial charge in [-0.2, -0.15) is 0 Å². The molecule has 0 N–H and O–H groups in total. The van der Waals surface area contributed by atoms with Crippen molar-refractivity contribution < 1.29 is 9.53 Å². The van der Waals surface area contributed by atoms with Crippen LogP contribution in [-0.2, 0) is 21.4 Å². The maximum atomic E-state index is 12.0. The van der Waals surface area contributed by atoms with Gasteiger partial charge in [0.2, 0.25) is 0 Å². The van der Waals surface area contributed by atoms with Gasteiger partial charge >= 0.3 is 0 Å². The Balaban J connectivity index is 1.99. The Labute approximate surface area is 106 Å². The number of carbonyl (C=O) groups excluding carboxylic acids is 1. The third kappa shape index (κ3) is 3.13. The Morgan fingerprint density at radius 2 is 2.35 bits per heavy atom. The molecule has 3 nitrogen and oxygen atoms in total. The van der Waals surface area contributed by atoms with Crippen molar-refractivity contribution in [2.24, 2.45) is 5.92 Å². The molecule has 1 unspecified atom stereocenters. The van der Waals surface area contributed by atoms with Crippen molar-refractivity contribution in [3.05, 3.63) is 16.1 Å². The van der Waals surface area contributed by atoms with Crippen molar-refractivity contribution in [3.8, 4) is 0 Å². The number of nitrogens with zero attached hydrogens (tertiary/aromatic N) is 1. The van der Waals surface area contributed by atoms with Gasteiger partial charge in [-0.1, -0.05) is 20.8 Å². The minimum absolute atomic E-state index is 0.0638. The third-order valence-electron chi connectivity index (χ3n) is 3.03. The van der Waals surface area contributed by atoms with Crippen LogP contribution < -0.4 is 0 Å². The van der Waals surface area contributed by atoms with Gasteiger partial charge in [0, 0.05) is 23.3 Å². The van der Waals surface area contributed by atoms with Crippen LogP contribution in [0.4, 0.5) is 0 Å². The minimum Gasteiger partial charge on any atom is -0.381 e. The van der Waals surface area contributed by atoms with E-state index in [9.17, 15) is 4.79 Å². The fourth-order valence-corrected chi connectivity index (χ4v) is 2.85. The van der Waals surface area contributed by atoms with Gasteiger partial charge in [-0.25, -0.2) is 4.98 Å². The monoisotopic (exact) mass is 253 g/mol. The Morgan fingerprint density at radius 3 is 2.88 bits per heavy atom. The highest BCUT2D eigenvalue weighted by molar-refractivity contribution is 7.09. The Hall–Kier alpha value is -0.740. The zero-order valence-corrected chi connectivity index (χ0v) is 11.5. The SMILES string of the molecule is CC(C)(C)c1csc(CC(=O)C2CCOC2)n1. The second kappa shape index (κ2) is 4.86. The Morgan fingerprint density at radius 1 is 1.59 bits per heavy atom. The van der Waals surface area contributed by atoms with Gasteiger partial charge in [0.15, 0.2) is 0 Å². The molecular weight excluding hydrogens is 234 g/mol. The third-order valence-corrected chi connectivity index (χ3v) is 3.88. The fraction of sp³-hybridized carbons (Fsp3) is 0.692. The number of thiazole rings is 1. The molecule has 4 heteroatoms. The van der Waals surface area contributed by atoms with Crippen molar-refractivity contribution in [2.45, 2.75) is 39.0 Å². The highest BCUT2D eigenvalue weighted by Crippen LogP contribution is 2.25. The molecule has 0 spiro atoms. The lowest BCUT2D eigenvalue weighted by molar-refractivity contribution is -0.122. The molecule has 1 fully saturated rings. The molecule has 0 saturated carbocycles. The molecular formula is C13H19NO2S. The molecule has 0 aromatic carbocycles.